The van der Waals surface area contributed by atoms with Crippen molar-refractivity contribution >= 4 is 21.0 Å². The van der Waals surface area contributed by atoms with Gasteiger partial charge in [0, 0.05) is 43.0 Å². The van der Waals surface area contributed by atoms with Crippen LogP contribution in [0.4, 0.5) is 0 Å². The molecule has 1 aromatic carbocycles. The molecule has 1 unspecified atom stereocenters. The largest absolute Gasteiger partial charge is 0.461 e. The van der Waals surface area contributed by atoms with Gasteiger partial charge in [0.2, 0.25) is 10.0 Å². The first kappa shape index (κ1) is 15.5. The number of likely N-dealkylation sites (tertiary alicyclic amines) is 1. The van der Waals surface area contributed by atoms with Gasteiger partial charge in [0.05, 0.1) is 6.26 Å². The standard InChI is InChI=1S/C16H22N2O3S/c1-3-15-14(13-6-4-5-7-16(13)21-15)11-18-9-8-12(10-18)17-22(2,19)20/h4-7,12,17H,3,8-11H2,1-2H3. The molecule has 1 fully saturated rings. The Bertz CT molecular complexity index is 767. The van der Waals surface area contributed by atoms with Gasteiger partial charge in [-0.1, -0.05) is 25.1 Å². The van der Waals surface area contributed by atoms with Crippen LogP contribution in [-0.4, -0.2) is 38.7 Å². The van der Waals surface area contributed by atoms with Crippen molar-refractivity contribution in [2.45, 2.75) is 32.4 Å². The molecule has 0 bridgehead atoms. The monoisotopic (exact) mass is 322 g/mol. The molecule has 2 heterocycles. The zero-order valence-electron chi connectivity index (χ0n) is 13.0. The van der Waals surface area contributed by atoms with Gasteiger partial charge < -0.3 is 4.42 Å². The zero-order valence-corrected chi connectivity index (χ0v) is 13.8. The van der Waals surface area contributed by atoms with Crippen molar-refractivity contribution < 1.29 is 12.8 Å². The summed E-state index contributed by atoms with van der Waals surface area (Å²) in [4.78, 5) is 2.29. The van der Waals surface area contributed by atoms with E-state index >= 15 is 0 Å². The highest BCUT2D eigenvalue weighted by atomic mass is 32.2. The number of nitrogens with zero attached hydrogens (tertiary/aromatic N) is 1. The van der Waals surface area contributed by atoms with Crippen LogP contribution in [0.5, 0.6) is 0 Å². The average molecular weight is 322 g/mol. The van der Waals surface area contributed by atoms with Crippen molar-refractivity contribution in [3.8, 4) is 0 Å². The Labute approximate surface area is 131 Å². The van der Waals surface area contributed by atoms with E-state index in [-0.39, 0.29) is 6.04 Å². The van der Waals surface area contributed by atoms with Crippen molar-refractivity contribution in [2.75, 3.05) is 19.3 Å². The molecule has 22 heavy (non-hydrogen) atoms. The third-order valence-electron chi connectivity index (χ3n) is 4.14. The van der Waals surface area contributed by atoms with Crippen LogP contribution in [0.1, 0.15) is 24.7 Å². The Morgan fingerprint density at radius 2 is 2.14 bits per heavy atom. The second kappa shape index (κ2) is 6.02. The molecule has 0 spiro atoms. The highest BCUT2D eigenvalue weighted by Gasteiger charge is 2.26. The molecule has 1 saturated heterocycles. The SMILES string of the molecule is CCc1oc2ccccc2c1CN1CCC(NS(C)(=O)=O)C1. The van der Waals surface area contributed by atoms with Crippen LogP contribution in [0.3, 0.4) is 0 Å². The molecule has 1 N–H and O–H groups in total. The predicted octanol–water partition coefficient (Wildman–Crippen LogP) is 2.12. The molecule has 0 radical (unpaired) electrons. The molecule has 6 heteroatoms. The molecule has 5 nitrogen and oxygen atoms in total. The van der Waals surface area contributed by atoms with E-state index in [0.29, 0.717) is 0 Å². The Kier molecular flexibility index (Phi) is 4.25. The molecule has 1 atom stereocenters. The quantitative estimate of drug-likeness (QED) is 0.916. The second-order valence-corrected chi connectivity index (χ2v) is 7.74. The molecule has 2 aromatic rings. The fraction of sp³-hybridized carbons (Fsp3) is 0.500. The van der Waals surface area contributed by atoms with Crippen LogP contribution in [0.25, 0.3) is 11.0 Å². The third-order valence-corrected chi connectivity index (χ3v) is 4.90. The number of sulfonamides is 1. The van der Waals surface area contributed by atoms with Crippen LogP contribution < -0.4 is 4.72 Å². The fourth-order valence-electron chi connectivity index (χ4n) is 3.21. The molecule has 1 aliphatic rings. The van der Waals surface area contributed by atoms with E-state index in [1.165, 1.54) is 17.2 Å². The molecule has 0 amide bonds. The highest BCUT2D eigenvalue weighted by Crippen LogP contribution is 2.28. The van der Waals surface area contributed by atoms with Crippen molar-refractivity contribution in [1.82, 2.24) is 9.62 Å². The fourth-order valence-corrected chi connectivity index (χ4v) is 4.01. The smallest absolute Gasteiger partial charge is 0.208 e. The Morgan fingerprint density at radius 1 is 1.36 bits per heavy atom. The van der Waals surface area contributed by atoms with Gasteiger partial charge in [0.15, 0.2) is 0 Å². The lowest BCUT2D eigenvalue weighted by Gasteiger charge is -2.16. The number of fused-ring (bicyclic) bond motifs is 1. The summed E-state index contributed by atoms with van der Waals surface area (Å²) in [6.45, 7) is 4.55. The summed E-state index contributed by atoms with van der Waals surface area (Å²) in [5.74, 6) is 1.03. The number of hydrogen-bond donors (Lipinski definition) is 1. The summed E-state index contributed by atoms with van der Waals surface area (Å²) in [6, 6.07) is 8.11. The topological polar surface area (TPSA) is 62.6 Å². The molecule has 120 valence electrons. The van der Waals surface area contributed by atoms with E-state index in [1.54, 1.807) is 0 Å². The van der Waals surface area contributed by atoms with E-state index in [9.17, 15) is 8.42 Å². The average Bonchev–Trinajstić information content (AvgIpc) is 3.02. The minimum absolute atomic E-state index is 0.0123. The van der Waals surface area contributed by atoms with Gasteiger partial charge in [-0.2, -0.15) is 0 Å². The van der Waals surface area contributed by atoms with Crippen molar-refractivity contribution in [1.29, 1.82) is 0 Å². The maximum Gasteiger partial charge on any atom is 0.208 e. The van der Waals surface area contributed by atoms with Crippen LogP contribution in [0, 0.1) is 0 Å². The molecule has 3 rings (SSSR count). The number of para-hydroxylation sites is 1. The van der Waals surface area contributed by atoms with Gasteiger partial charge in [-0.05, 0) is 12.5 Å². The van der Waals surface area contributed by atoms with Crippen molar-refractivity contribution in [2.24, 2.45) is 0 Å². The van der Waals surface area contributed by atoms with Crippen LogP contribution in [-0.2, 0) is 23.0 Å². The Hall–Kier alpha value is -1.37. The Balaban J connectivity index is 1.77. The summed E-state index contributed by atoms with van der Waals surface area (Å²) < 4.78 is 31.3. The summed E-state index contributed by atoms with van der Waals surface area (Å²) in [7, 11) is -3.14. The first-order valence-corrected chi connectivity index (χ1v) is 9.54. The number of rotatable bonds is 5. The molecule has 1 aliphatic heterocycles. The molecule has 0 aliphatic carbocycles. The second-order valence-electron chi connectivity index (χ2n) is 5.96. The molecular formula is C16H22N2O3S. The summed E-state index contributed by atoms with van der Waals surface area (Å²) in [6.07, 6.45) is 2.93. The van der Waals surface area contributed by atoms with Crippen molar-refractivity contribution in [3.05, 3.63) is 35.6 Å². The normalized spacial score (nSPS) is 20.0. The highest BCUT2D eigenvalue weighted by molar-refractivity contribution is 7.88. The van der Waals surface area contributed by atoms with E-state index in [0.717, 1.165) is 43.8 Å². The summed E-state index contributed by atoms with van der Waals surface area (Å²) in [5.41, 5.74) is 2.16. The molecular weight excluding hydrogens is 300 g/mol. The summed E-state index contributed by atoms with van der Waals surface area (Å²) in [5, 5.41) is 1.17. The Morgan fingerprint density at radius 3 is 2.86 bits per heavy atom. The maximum atomic E-state index is 11.3. The summed E-state index contributed by atoms with van der Waals surface area (Å²) >= 11 is 0. The number of furan rings is 1. The van der Waals surface area contributed by atoms with Crippen molar-refractivity contribution in [3.63, 3.8) is 0 Å². The number of nitrogens with one attached hydrogen (secondary N) is 1. The lowest BCUT2D eigenvalue weighted by molar-refractivity contribution is 0.322. The zero-order chi connectivity index (χ0) is 15.7. The molecule has 1 aromatic heterocycles. The van der Waals surface area contributed by atoms with Crippen LogP contribution in [0.2, 0.25) is 0 Å². The minimum atomic E-state index is -3.14. The predicted molar refractivity (Wildman–Crippen MR) is 87.3 cm³/mol. The van der Waals surface area contributed by atoms with E-state index in [4.69, 9.17) is 4.42 Å². The van der Waals surface area contributed by atoms with Gasteiger partial charge in [0.25, 0.3) is 0 Å². The lowest BCUT2D eigenvalue weighted by atomic mass is 10.1. The van der Waals surface area contributed by atoms with Gasteiger partial charge in [-0.3, -0.25) is 4.90 Å². The number of hydrogen-bond acceptors (Lipinski definition) is 4. The third kappa shape index (κ3) is 3.34. The van der Waals surface area contributed by atoms with Gasteiger partial charge in [-0.25, -0.2) is 13.1 Å². The van der Waals surface area contributed by atoms with Gasteiger partial charge >= 0.3 is 0 Å². The molecule has 0 saturated carbocycles. The van der Waals surface area contributed by atoms with Crippen LogP contribution >= 0.6 is 0 Å². The van der Waals surface area contributed by atoms with E-state index < -0.39 is 10.0 Å². The number of aryl methyl sites for hydroxylation is 1. The first-order valence-electron chi connectivity index (χ1n) is 7.65. The lowest BCUT2D eigenvalue weighted by Crippen LogP contribution is -2.36. The maximum absolute atomic E-state index is 11.3. The first-order chi connectivity index (χ1) is 10.5. The van der Waals surface area contributed by atoms with Gasteiger partial charge in [0.1, 0.15) is 11.3 Å². The van der Waals surface area contributed by atoms with Crippen LogP contribution in [0.15, 0.2) is 28.7 Å². The van der Waals surface area contributed by atoms with E-state index in [1.807, 2.05) is 18.2 Å². The van der Waals surface area contributed by atoms with Gasteiger partial charge in [-0.15, -0.1) is 0 Å². The minimum Gasteiger partial charge on any atom is -0.461 e. The number of benzene rings is 1. The van der Waals surface area contributed by atoms with E-state index in [2.05, 4.69) is 22.6 Å².